The van der Waals surface area contributed by atoms with Crippen molar-refractivity contribution in [3.05, 3.63) is 0 Å². The van der Waals surface area contributed by atoms with Crippen LogP contribution in [-0.2, 0) is 9.09 Å². The molecule has 1 rings (SSSR count). The Hall–Kier alpha value is 0.110. The van der Waals surface area contributed by atoms with E-state index in [4.69, 9.17) is 4.52 Å². The van der Waals surface area contributed by atoms with Crippen LogP contribution in [0.15, 0.2) is 0 Å². The second kappa shape index (κ2) is 12.6. The molecular formula is C12H31N2O2P. The molecule has 1 aliphatic carbocycles. The van der Waals surface area contributed by atoms with Crippen LogP contribution in [0.1, 0.15) is 64.7 Å². The SMILES string of the molecule is CCCCCCO[PH](=O)C1CCCCC1.N.N. The smallest absolute Gasteiger partial charge is 0.194 e. The van der Waals surface area contributed by atoms with Gasteiger partial charge in [0.05, 0.1) is 6.61 Å². The summed E-state index contributed by atoms with van der Waals surface area (Å²) in [5.41, 5.74) is 0.398. The van der Waals surface area contributed by atoms with Gasteiger partial charge in [0, 0.05) is 5.66 Å². The summed E-state index contributed by atoms with van der Waals surface area (Å²) in [5, 5.41) is 0. The first-order valence-electron chi connectivity index (χ1n) is 6.51. The molecule has 0 amide bonds. The summed E-state index contributed by atoms with van der Waals surface area (Å²) >= 11 is 0. The topological polar surface area (TPSA) is 96.3 Å². The van der Waals surface area contributed by atoms with Crippen LogP contribution in [0.25, 0.3) is 0 Å². The fourth-order valence-electron chi connectivity index (χ4n) is 2.16. The number of unbranched alkanes of at least 4 members (excludes halogenated alkanes) is 3. The second-order valence-corrected chi connectivity index (χ2v) is 6.31. The van der Waals surface area contributed by atoms with Crippen molar-refractivity contribution in [3.63, 3.8) is 0 Å². The van der Waals surface area contributed by atoms with Gasteiger partial charge in [0.25, 0.3) is 0 Å². The van der Waals surface area contributed by atoms with Gasteiger partial charge in [0.1, 0.15) is 0 Å². The zero-order valence-corrected chi connectivity index (χ0v) is 12.4. The molecule has 1 atom stereocenters. The predicted molar refractivity (Wildman–Crippen MR) is 76.0 cm³/mol. The number of hydrogen-bond donors (Lipinski definition) is 2. The molecule has 0 saturated heterocycles. The van der Waals surface area contributed by atoms with Gasteiger partial charge in [-0.25, -0.2) is 0 Å². The van der Waals surface area contributed by atoms with E-state index in [0.29, 0.717) is 12.3 Å². The molecule has 0 aromatic carbocycles. The van der Waals surface area contributed by atoms with Crippen LogP contribution in [0.3, 0.4) is 0 Å². The van der Waals surface area contributed by atoms with Gasteiger partial charge < -0.3 is 16.8 Å². The number of hydrogen-bond acceptors (Lipinski definition) is 4. The van der Waals surface area contributed by atoms with Crippen molar-refractivity contribution in [3.8, 4) is 0 Å². The van der Waals surface area contributed by atoms with Crippen LogP contribution < -0.4 is 12.3 Å². The molecule has 0 heterocycles. The maximum Gasteiger partial charge on any atom is 0.194 e. The lowest BCUT2D eigenvalue weighted by atomic mass is 10.0. The average Bonchev–Trinajstić information content (AvgIpc) is 2.30. The molecule has 0 radical (unpaired) electrons. The number of rotatable bonds is 7. The van der Waals surface area contributed by atoms with Gasteiger partial charge >= 0.3 is 0 Å². The van der Waals surface area contributed by atoms with E-state index >= 15 is 0 Å². The van der Waals surface area contributed by atoms with Crippen molar-refractivity contribution < 1.29 is 9.09 Å². The fourth-order valence-corrected chi connectivity index (χ4v) is 3.62. The first kappa shape index (κ1) is 19.4. The summed E-state index contributed by atoms with van der Waals surface area (Å²) in [5.74, 6) is 0. The van der Waals surface area contributed by atoms with E-state index in [1.807, 2.05) is 0 Å². The quantitative estimate of drug-likeness (QED) is 0.515. The molecule has 106 valence electrons. The second-order valence-electron chi connectivity index (χ2n) is 4.56. The first-order chi connectivity index (χ1) is 7.34. The lowest BCUT2D eigenvalue weighted by molar-refractivity contribution is 0.304. The molecule has 5 heteroatoms. The van der Waals surface area contributed by atoms with Crippen LogP contribution in [0.5, 0.6) is 0 Å². The molecule has 1 fully saturated rings. The Morgan fingerprint density at radius 2 is 1.71 bits per heavy atom. The maximum atomic E-state index is 11.8. The molecule has 0 aliphatic heterocycles. The van der Waals surface area contributed by atoms with E-state index in [0.717, 1.165) is 19.3 Å². The van der Waals surface area contributed by atoms with Crippen LogP contribution in [-0.4, -0.2) is 12.3 Å². The van der Waals surface area contributed by atoms with Crippen molar-refractivity contribution in [2.45, 2.75) is 70.4 Å². The highest BCUT2D eigenvalue weighted by Crippen LogP contribution is 2.39. The Morgan fingerprint density at radius 1 is 1.06 bits per heavy atom. The lowest BCUT2D eigenvalue weighted by Gasteiger charge is -2.20. The Morgan fingerprint density at radius 3 is 2.29 bits per heavy atom. The molecule has 17 heavy (non-hydrogen) atoms. The van der Waals surface area contributed by atoms with Crippen LogP contribution in [0, 0.1) is 0 Å². The van der Waals surface area contributed by atoms with Gasteiger partial charge in [-0.3, -0.25) is 4.57 Å². The molecule has 0 aromatic rings. The largest absolute Gasteiger partial charge is 0.344 e. The molecule has 1 aliphatic rings. The highest BCUT2D eigenvalue weighted by molar-refractivity contribution is 7.40. The molecule has 4 nitrogen and oxygen atoms in total. The summed E-state index contributed by atoms with van der Waals surface area (Å²) in [6.45, 7) is 2.92. The minimum atomic E-state index is -1.73. The normalized spacial score (nSPS) is 17.9. The van der Waals surface area contributed by atoms with Crippen LogP contribution in [0.2, 0.25) is 0 Å². The Kier molecular flexibility index (Phi) is 14.4. The van der Waals surface area contributed by atoms with Crippen LogP contribution in [0.4, 0.5) is 0 Å². The zero-order valence-electron chi connectivity index (χ0n) is 11.4. The van der Waals surface area contributed by atoms with Crippen molar-refractivity contribution in [1.29, 1.82) is 0 Å². The van der Waals surface area contributed by atoms with E-state index in [2.05, 4.69) is 6.92 Å². The minimum Gasteiger partial charge on any atom is -0.344 e. The van der Waals surface area contributed by atoms with Gasteiger partial charge in [0.15, 0.2) is 8.03 Å². The fraction of sp³-hybridized carbons (Fsp3) is 1.00. The molecule has 6 N–H and O–H groups in total. The van der Waals surface area contributed by atoms with Crippen molar-refractivity contribution in [2.75, 3.05) is 6.61 Å². The van der Waals surface area contributed by atoms with Crippen molar-refractivity contribution in [1.82, 2.24) is 12.3 Å². The minimum absolute atomic E-state index is 0. The summed E-state index contributed by atoms with van der Waals surface area (Å²) in [6, 6.07) is 0. The van der Waals surface area contributed by atoms with Crippen molar-refractivity contribution in [2.24, 2.45) is 0 Å². The third-order valence-electron chi connectivity index (χ3n) is 3.18. The third-order valence-corrected chi connectivity index (χ3v) is 4.91. The molecule has 0 aromatic heterocycles. The maximum absolute atomic E-state index is 11.8. The van der Waals surface area contributed by atoms with E-state index < -0.39 is 8.03 Å². The lowest BCUT2D eigenvalue weighted by Crippen LogP contribution is -2.09. The highest BCUT2D eigenvalue weighted by atomic mass is 31.1. The molecule has 0 bridgehead atoms. The summed E-state index contributed by atoms with van der Waals surface area (Å²) in [7, 11) is -1.73. The first-order valence-corrected chi connectivity index (χ1v) is 7.90. The monoisotopic (exact) mass is 266 g/mol. The Labute approximate surface area is 107 Å². The van der Waals surface area contributed by atoms with Gasteiger partial charge in [0.2, 0.25) is 0 Å². The highest BCUT2D eigenvalue weighted by Gasteiger charge is 2.19. The standard InChI is InChI=1S/C12H25O2P.2H3N/c1-2-3-4-8-11-14-15(13)12-9-6-5-7-10-12;;/h12,15H,2-11H2,1H3;2*1H3. The average molecular weight is 266 g/mol. The van der Waals surface area contributed by atoms with Gasteiger partial charge in [-0.2, -0.15) is 0 Å². The van der Waals surface area contributed by atoms with Gasteiger partial charge in [-0.1, -0.05) is 45.4 Å². The van der Waals surface area contributed by atoms with E-state index in [1.54, 1.807) is 0 Å². The molecule has 1 saturated carbocycles. The van der Waals surface area contributed by atoms with Crippen LogP contribution >= 0.6 is 8.03 Å². The van der Waals surface area contributed by atoms with E-state index in [-0.39, 0.29) is 12.3 Å². The zero-order chi connectivity index (χ0) is 10.9. The van der Waals surface area contributed by atoms with Gasteiger partial charge in [-0.05, 0) is 19.3 Å². The summed E-state index contributed by atoms with van der Waals surface area (Å²) in [6.07, 6.45) is 10.9. The molecule has 1 unspecified atom stereocenters. The summed E-state index contributed by atoms with van der Waals surface area (Å²) < 4.78 is 17.3. The third kappa shape index (κ3) is 8.78. The Bertz CT molecular complexity index is 185. The Balaban J connectivity index is 0. The van der Waals surface area contributed by atoms with Gasteiger partial charge in [-0.15, -0.1) is 0 Å². The molecular weight excluding hydrogens is 235 g/mol. The van der Waals surface area contributed by atoms with E-state index in [1.165, 1.54) is 38.5 Å². The van der Waals surface area contributed by atoms with E-state index in [9.17, 15) is 4.57 Å². The van der Waals surface area contributed by atoms with Crippen molar-refractivity contribution >= 4 is 8.03 Å². The summed E-state index contributed by atoms with van der Waals surface area (Å²) in [4.78, 5) is 0. The molecule has 0 spiro atoms. The predicted octanol–water partition coefficient (Wildman–Crippen LogP) is 4.71.